The number of piperazine rings is 1. The average Bonchev–Trinajstić information content (AvgIpc) is 2.48. The number of carboxylic acids is 1. The molecule has 1 N–H and O–H groups in total. The third-order valence-electron chi connectivity index (χ3n) is 4.26. The standard InChI is InChI=1S/C16H22N2O3/c1-11-4-5-14(10-12(11)2)15(19)18-8-6-17(7-9-18)13(3)16(20)21/h4-5,10,13H,6-9H2,1-3H3,(H,20,21). The quantitative estimate of drug-likeness (QED) is 0.917. The molecular formula is C16H22N2O3. The first-order valence-electron chi connectivity index (χ1n) is 7.23. The van der Waals surface area contributed by atoms with Gasteiger partial charge in [-0.3, -0.25) is 14.5 Å². The first-order valence-corrected chi connectivity index (χ1v) is 7.23. The fraction of sp³-hybridized carbons (Fsp3) is 0.500. The molecule has 0 aliphatic carbocycles. The number of hydrogen-bond acceptors (Lipinski definition) is 3. The van der Waals surface area contributed by atoms with Crippen LogP contribution in [0.25, 0.3) is 0 Å². The number of rotatable bonds is 3. The molecular weight excluding hydrogens is 268 g/mol. The maximum absolute atomic E-state index is 12.5. The van der Waals surface area contributed by atoms with Crippen molar-refractivity contribution in [2.75, 3.05) is 26.2 Å². The molecule has 114 valence electrons. The Morgan fingerprint density at radius 1 is 1.10 bits per heavy atom. The summed E-state index contributed by atoms with van der Waals surface area (Å²) >= 11 is 0. The number of nitrogens with zero attached hydrogens (tertiary/aromatic N) is 2. The summed E-state index contributed by atoms with van der Waals surface area (Å²) in [6.07, 6.45) is 0. The van der Waals surface area contributed by atoms with E-state index in [1.54, 1.807) is 11.8 Å². The number of benzene rings is 1. The maximum Gasteiger partial charge on any atom is 0.320 e. The van der Waals surface area contributed by atoms with Gasteiger partial charge in [0.2, 0.25) is 0 Å². The molecule has 1 aromatic carbocycles. The van der Waals surface area contributed by atoms with E-state index in [0.717, 1.165) is 5.56 Å². The summed E-state index contributed by atoms with van der Waals surface area (Å²) in [4.78, 5) is 27.1. The van der Waals surface area contributed by atoms with E-state index in [1.165, 1.54) is 5.56 Å². The van der Waals surface area contributed by atoms with Gasteiger partial charge in [-0.1, -0.05) is 6.07 Å². The highest BCUT2D eigenvalue weighted by Gasteiger charge is 2.27. The van der Waals surface area contributed by atoms with Gasteiger partial charge in [0.1, 0.15) is 6.04 Å². The third-order valence-corrected chi connectivity index (χ3v) is 4.26. The van der Waals surface area contributed by atoms with Crippen LogP contribution in [0.3, 0.4) is 0 Å². The molecule has 5 heteroatoms. The molecule has 2 rings (SSSR count). The van der Waals surface area contributed by atoms with Crippen LogP contribution in [-0.4, -0.2) is 59.0 Å². The van der Waals surface area contributed by atoms with E-state index < -0.39 is 12.0 Å². The number of hydrogen-bond donors (Lipinski definition) is 1. The van der Waals surface area contributed by atoms with Crippen LogP contribution in [0.2, 0.25) is 0 Å². The Kier molecular flexibility index (Phi) is 4.63. The lowest BCUT2D eigenvalue weighted by molar-refractivity contribution is -0.143. The Bertz CT molecular complexity index is 548. The smallest absolute Gasteiger partial charge is 0.320 e. The lowest BCUT2D eigenvalue weighted by Crippen LogP contribution is -2.53. The summed E-state index contributed by atoms with van der Waals surface area (Å²) in [5, 5.41) is 9.02. The first kappa shape index (κ1) is 15.5. The first-order chi connectivity index (χ1) is 9.90. The summed E-state index contributed by atoms with van der Waals surface area (Å²) in [5.41, 5.74) is 2.99. The van der Waals surface area contributed by atoms with Crippen LogP contribution in [0, 0.1) is 13.8 Å². The number of amides is 1. The molecule has 0 radical (unpaired) electrons. The van der Waals surface area contributed by atoms with Gasteiger partial charge in [-0.2, -0.15) is 0 Å². The van der Waals surface area contributed by atoms with E-state index in [-0.39, 0.29) is 5.91 Å². The van der Waals surface area contributed by atoms with E-state index in [2.05, 4.69) is 0 Å². The lowest BCUT2D eigenvalue weighted by atomic mass is 10.1. The molecule has 1 aliphatic rings. The zero-order valence-corrected chi connectivity index (χ0v) is 12.8. The Labute approximate surface area is 125 Å². The summed E-state index contributed by atoms with van der Waals surface area (Å²) in [6, 6.07) is 5.25. The normalized spacial score (nSPS) is 17.6. The van der Waals surface area contributed by atoms with Crippen LogP contribution in [-0.2, 0) is 4.79 Å². The molecule has 1 saturated heterocycles. The monoisotopic (exact) mass is 290 g/mol. The average molecular weight is 290 g/mol. The zero-order valence-electron chi connectivity index (χ0n) is 12.8. The molecule has 1 aliphatic heterocycles. The van der Waals surface area contributed by atoms with E-state index in [4.69, 9.17) is 5.11 Å². The van der Waals surface area contributed by atoms with E-state index in [9.17, 15) is 9.59 Å². The maximum atomic E-state index is 12.5. The summed E-state index contributed by atoms with van der Waals surface area (Å²) in [6.45, 7) is 8.05. The van der Waals surface area contributed by atoms with Gasteiger partial charge in [-0.05, 0) is 44.0 Å². The molecule has 1 unspecified atom stereocenters. The lowest BCUT2D eigenvalue weighted by Gasteiger charge is -2.36. The number of carboxylic acid groups (broad SMARTS) is 1. The molecule has 1 fully saturated rings. The van der Waals surface area contributed by atoms with Gasteiger partial charge in [-0.25, -0.2) is 0 Å². The van der Waals surface area contributed by atoms with Gasteiger partial charge >= 0.3 is 5.97 Å². The Hall–Kier alpha value is -1.88. The van der Waals surface area contributed by atoms with Crippen molar-refractivity contribution >= 4 is 11.9 Å². The Morgan fingerprint density at radius 2 is 1.71 bits per heavy atom. The number of carbonyl (C=O) groups excluding carboxylic acids is 1. The summed E-state index contributed by atoms with van der Waals surface area (Å²) < 4.78 is 0. The summed E-state index contributed by atoms with van der Waals surface area (Å²) in [7, 11) is 0. The fourth-order valence-corrected chi connectivity index (χ4v) is 2.53. The van der Waals surface area contributed by atoms with Crippen molar-refractivity contribution in [3.05, 3.63) is 34.9 Å². The molecule has 21 heavy (non-hydrogen) atoms. The van der Waals surface area contributed by atoms with Crippen LogP contribution in [0.4, 0.5) is 0 Å². The second-order valence-electron chi connectivity index (χ2n) is 5.64. The minimum atomic E-state index is -0.816. The van der Waals surface area contributed by atoms with Gasteiger partial charge in [0, 0.05) is 31.7 Å². The molecule has 0 aromatic heterocycles. The van der Waals surface area contributed by atoms with E-state index in [1.807, 2.05) is 36.9 Å². The van der Waals surface area contributed by atoms with Gasteiger partial charge < -0.3 is 10.0 Å². The Balaban J connectivity index is 2.00. The van der Waals surface area contributed by atoms with E-state index >= 15 is 0 Å². The van der Waals surface area contributed by atoms with Crippen molar-refractivity contribution in [1.82, 2.24) is 9.80 Å². The largest absolute Gasteiger partial charge is 0.480 e. The van der Waals surface area contributed by atoms with Crippen molar-refractivity contribution in [2.45, 2.75) is 26.8 Å². The second-order valence-corrected chi connectivity index (χ2v) is 5.64. The predicted molar refractivity (Wildman–Crippen MR) is 80.5 cm³/mol. The number of carbonyl (C=O) groups is 2. The molecule has 0 saturated carbocycles. The van der Waals surface area contributed by atoms with Crippen LogP contribution < -0.4 is 0 Å². The van der Waals surface area contributed by atoms with Crippen LogP contribution in [0.1, 0.15) is 28.4 Å². The number of aryl methyl sites for hydroxylation is 2. The zero-order chi connectivity index (χ0) is 15.6. The van der Waals surface area contributed by atoms with Crippen molar-refractivity contribution < 1.29 is 14.7 Å². The molecule has 1 atom stereocenters. The van der Waals surface area contributed by atoms with Crippen molar-refractivity contribution in [1.29, 1.82) is 0 Å². The van der Waals surface area contributed by atoms with Crippen LogP contribution in [0.5, 0.6) is 0 Å². The molecule has 0 spiro atoms. The molecule has 1 heterocycles. The summed E-state index contributed by atoms with van der Waals surface area (Å²) in [5.74, 6) is -0.787. The van der Waals surface area contributed by atoms with Gasteiger partial charge in [0.15, 0.2) is 0 Å². The highest BCUT2D eigenvalue weighted by atomic mass is 16.4. The van der Waals surface area contributed by atoms with Crippen LogP contribution in [0.15, 0.2) is 18.2 Å². The second kappa shape index (κ2) is 6.26. The van der Waals surface area contributed by atoms with E-state index in [0.29, 0.717) is 31.7 Å². The van der Waals surface area contributed by atoms with Crippen molar-refractivity contribution in [3.8, 4) is 0 Å². The highest BCUT2D eigenvalue weighted by Crippen LogP contribution is 2.14. The topological polar surface area (TPSA) is 60.9 Å². The van der Waals surface area contributed by atoms with Gasteiger partial charge in [0.25, 0.3) is 5.91 Å². The Morgan fingerprint density at radius 3 is 2.24 bits per heavy atom. The SMILES string of the molecule is Cc1ccc(C(=O)N2CCN(C(C)C(=O)O)CC2)cc1C. The molecule has 1 amide bonds. The minimum Gasteiger partial charge on any atom is -0.480 e. The van der Waals surface area contributed by atoms with Gasteiger partial charge in [0.05, 0.1) is 0 Å². The van der Waals surface area contributed by atoms with Crippen LogP contribution >= 0.6 is 0 Å². The molecule has 0 bridgehead atoms. The predicted octanol–water partition coefficient (Wildman–Crippen LogP) is 1.53. The molecule has 5 nitrogen and oxygen atoms in total. The highest BCUT2D eigenvalue weighted by molar-refractivity contribution is 5.94. The number of aliphatic carboxylic acids is 1. The fourth-order valence-electron chi connectivity index (χ4n) is 2.53. The third kappa shape index (κ3) is 3.42. The van der Waals surface area contributed by atoms with Gasteiger partial charge in [-0.15, -0.1) is 0 Å². The molecule has 1 aromatic rings. The van der Waals surface area contributed by atoms with Crippen molar-refractivity contribution in [3.63, 3.8) is 0 Å². The minimum absolute atomic E-state index is 0.0285. The van der Waals surface area contributed by atoms with Crippen molar-refractivity contribution in [2.24, 2.45) is 0 Å².